The number of rotatable bonds is 12. The van der Waals surface area contributed by atoms with Gasteiger partial charge < -0.3 is 20.8 Å². The number of hydrogen-bond acceptors (Lipinski definition) is 5. The molecule has 0 unspecified atom stereocenters. The van der Waals surface area contributed by atoms with Crippen molar-refractivity contribution in [3.05, 3.63) is 71.8 Å². The molecule has 2 amide bonds. The van der Waals surface area contributed by atoms with Crippen LogP contribution in [0.4, 0.5) is 0 Å². The standard InChI is InChI=1S/C22H29N3O4/c26-15-19(11-17-7-3-1-4-8-17)24-21(28)13-23-14-22(29)25-20(16-27)12-18-9-5-2-6-10-18/h1-10,19-20,23,26-27H,11-16H2,(H,24,28)(H,25,29)/t19-,20-/m0/s1. The van der Waals surface area contributed by atoms with Crippen LogP contribution in [0.15, 0.2) is 60.7 Å². The lowest BCUT2D eigenvalue weighted by molar-refractivity contribution is -0.122. The smallest absolute Gasteiger partial charge is 0.234 e. The maximum absolute atomic E-state index is 12.0. The second-order valence-electron chi connectivity index (χ2n) is 6.88. The van der Waals surface area contributed by atoms with E-state index in [1.165, 1.54) is 0 Å². The zero-order valence-electron chi connectivity index (χ0n) is 16.4. The van der Waals surface area contributed by atoms with E-state index in [0.717, 1.165) is 11.1 Å². The summed E-state index contributed by atoms with van der Waals surface area (Å²) >= 11 is 0. The Bertz CT molecular complexity index is 677. The largest absolute Gasteiger partial charge is 0.394 e. The van der Waals surface area contributed by atoms with Crippen LogP contribution >= 0.6 is 0 Å². The van der Waals surface area contributed by atoms with E-state index < -0.39 is 0 Å². The Morgan fingerprint density at radius 3 is 1.41 bits per heavy atom. The molecule has 0 spiro atoms. The van der Waals surface area contributed by atoms with Crippen LogP contribution in [-0.4, -0.2) is 60.4 Å². The Kier molecular flexibility index (Phi) is 9.85. The van der Waals surface area contributed by atoms with Crippen molar-refractivity contribution in [3.63, 3.8) is 0 Å². The molecule has 0 fully saturated rings. The van der Waals surface area contributed by atoms with Crippen LogP contribution in [0.1, 0.15) is 11.1 Å². The molecular formula is C22H29N3O4. The van der Waals surface area contributed by atoms with E-state index in [1.807, 2.05) is 60.7 Å². The monoisotopic (exact) mass is 399 g/mol. The molecule has 7 nitrogen and oxygen atoms in total. The number of aliphatic hydroxyl groups is 2. The van der Waals surface area contributed by atoms with Gasteiger partial charge in [-0.15, -0.1) is 0 Å². The quantitative estimate of drug-likeness (QED) is 0.346. The first-order valence-corrected chi connectivity index (χ1v) is 9.69. The predicted molar refractivity (Wildman–Crippen MR) is 111 cm³/mol. The highest BCUT2D eigenvalue weighted by molar-refractivity contribution is 5.81. The normalized spacial score (nSPS) is 12.8. The minimum Gasteiger partial charge on any atom is -0.394 e. The van der Waals surface area contributed by atoms with Gasteiger partial charge in [0.15, 0.2) is 0 Å². The Balaban J connectivity index is 1.68. The van der Waals surface area contributed by atoms with Crippen LogP contribution in [0.25, 0.3) is 0 Å². The summed E-state index contributed by atoms with van der Waals surface area (Å²) in [5.74, 6) is -0.591. The van der Waals surface area contributed by atoms with Gasteiger partial charge in [-0.2, -0.15) is 0 Å². The van der Waals surface area contributed by atoms with E-state index in [1.54, 1.807) is 0 Å². The number of nitrogens with one attached hydrogen (secondary N) is 3. The van der Waals surface area contributed by atoms with E-state index in [4.69, 9.17) is 0 Å². The van der Waals surface area contributed by atoms with E-state index in [9.17, 15) is 19.8 Å². The van der Waals surface area contributed by atoms with E-state index in [0.29, 0.717) is 12.8 Å². The molecule has 0 saturated carbocycles. The van der Waals surface area contributed by atoms with Gasteiger partial charge in [-0.25, -0.2) is 0 Å². The molecule has 0 aromatic heterocycles. The third-order valence-electron chi connectivity index (χ3n) is 4.39. The molecular weight excluding hydrogens is 370 g/mol. The molecule has 0 heterocycles. The van der Waals surface area contributed by atoms with E-state index in [-0.39, 0.29) is 50.2 Å². The number of benzene rings is 2. The maximum Gasteiger partial charge on any atom is 0.234 e. The van der Waals surface area contributed by atoms with Gasteiger partial charge in [0.25, 0.3) is 0 Å². The molecule has 0 aliphatic carbocycles. The minimum atomic E-state index is -0.384. The van der Waals surface area contributed by atoms with Gasteiger partial charge in [0.1, 0.15) is 0 Å². The lowest BCUT2D eigenvalue weighted by Gasteiger charge is -2.18. The molecule has 156 valence electrons. The average Bonchev–Trinajstić information content (AvgIpc) is 2.74. The van der Waals surface area contributed by atoms with Gasteiger partial charge in [-0.05, 0) is 24.0 Å². The van der Waals surface area contributed by atoms with E-state index in [2.05, 4.69) is 16.0 Å². The molecule has 29 heavy (non-hydrogen) atoms. The zero-order chi connectivity index (χ0) is 20.9. The van der Waals surface area contributed by atoms with Gasteiger partial charge in [-0.1, -0.05) is 60.7 Å². The summed E-state index contributed by atoms with van der Waals surface area (Å²) in [7, 11) is 0. The first-order valence-electron chi connectivity index (χ1n) is 9.69. The summed E-state index contributed by atoms with van der Waals surface area (Å²) in [5, 5.41) is 27.2. The van der Waals surface area contributed by atoms with Crippen molar-refractivity contribution in [1.29, 1.82) is 0 Å². The Morgan fingerprint density at radius 1 is 0.690 bits per heavy atom. The van der Waals surface area contributed by atoms with Crippen LogP contribution in [0.3, 0.4) is 0 Å². The fourth-order valence-corrected chi connectivity index (χ4v) is 2.97. The number of aliphatic hydroxyl groups excluding tert-OH is 2. The Hall–Kier alpha value is -2.74. The molecule has 0 radical (unpaired) electrons. The third kappa shape index (κ3) is 8.87. The maximum atomic E-state index is 12.0. The summed E-state index contributed by atoms with van der Waals surface area (Å²) in [6.45, 7) is -0.417. The fourth-order valence-electron chi connectivity index (χ4n) is 2.97. The summed E-state index contributed by atoms with van der Waals surface area (Å²) in [6.07, 6.45) is 1.06. The Labute approximate surface area is 171 Å². The van der Waals surface area contributed by atoms with Crippen molar-refractivity contribution >= 4 is 11.8 Å². The lowest BCUT2D eigenvalue weighted by atomic mass is 10.1. The number of carbonyl (C=O) groups excluding carboxylic acids is 2. The van der Waals surface area contributed by atoms with Gasteiger partial charge >= 0.3 is 0 Å². The molecule has 0 bridgehead atoms. The highest BCUT2D eigenvalue weighted by atomic mass is 16.3. The molecule has 2 aromatic rings. The van der Waals surface area contributed by atoms with E-state index >= 15 is 0 Å². The second kappa shape index (κ2) is 12.7. The van der Waals surface area contributed by atoms with Crippen LogP contribution in [0.2, 0.25) is 0 Å². The highest BCUT2D eigenvalue weighted by Crippen LogP contribution is 2.03. The fraction of sp³-hybridized carbons (Fsp3) is 0.364. The van der Waals surface area contributed by atoms with Gasteiger partial charge in [-0.3, -0.25) is 14.9 Å². The SMILES string of the molecule is O=C(CNCC(=O)N[C@H](CO)Cc1ccccc1)N[C@H](CO)Cc1ccccc1. The third-order valence-corrected chi connectivity index (χ3v) is 4.39. The van der Waals surface area contributed by atoms with Gasteiger partial charge in [0.2, 0.25) is 11.8 Å². The predicted octanol–water partition coefficient (Wildman–Crippen LogP) is 0.0156. The lowest BCUT2D eigenvalue weighted by Crippen LogP contribution is -2.47. The summed E-state index contributed by atoms with van der Waals surface area (Å²) in [4.78, 5) is 24.1. The molecule has 0 aliphatic rings. The van der Waals surface area contributed by atoms with Crippen molar-refractivity contribution in [2.24, 2.45) is 0 Å². The van der Waals surface area contributed by atoms with Crippen molar-refractivity contribution < 1.29 is 19.8 Å². The number of hydrogen-bond donors (Lipinski definition) is 5. The van der Waals surface area contributed by atoms with Crippen LogP contribution in [-0.2, 0) is 22.4 Å². The minimum absolute atomic E-state index is 0.0405. The van der Waals surface area contributed by atoms with Crippen molar-refractivity contribution in [3.8, 4) is 0 Å². The first kappa shape index (κ1) is 22.5. The highest BCUT2D eigenvalue weighted by Gasteiger charge is 2.14. The average molecular weight is 399 g/mol. The molecule has 5 N–H and O–H groups in total. The van der Waals surface area contributed by atoms with Gasteiger partial charge in [0.05, 0.1) is 38.4 Å². The van der Waals surface area contributed by atoms with Crippen molar-refractivity contribution in [1.82, 2.24) is 16.0 Å². The second-order valence-corrected chi connectivity index (χ2v) is 6.88. The van der Waals surface area contributed by atoms with Crippen molar-refractivity contribution in [2.75, 3.05) is 26.3 Å². The summed E-state index contributed by atoms with van der Waals surface area (Å²) in [6, 6.07) is 18.4. The molecule has 7 heteroatoms. The van der Waals surface area contributed by atoms with Crippen LogP contribution in [0.5, 0.6) is 0 Å². The van der Waals surface area contributed by atoms with Crippen LogP contribution < -0.4 is 16.0 Å². The van der Waals surface area contributed by atoms with Crippen molar-refractivity contribution in [2.45, 2.75) is 24.9 Å². The molecule has 0 aliphatic heterocycles. The number of carbonyl (C=O) groups is 2. The summed E-state index contributed by atoms with van der Waals surface area (Å²) < 4.78 is 0. The molecule has 2 atom stereocenters. The zero-order valence-corrected chi connectivity index (χ0v) is 16.4. The molecule has 2 rings (SSSR count). The summed E-state index contributed by atoms with van der Waals surface area (Å²) in [5.41, 5.74) is 2.04. The Morgan fingerprint density at radius 2 is 1.07 bits per heavy atom. The van der Waals surface area contributed by atoms with Crippen LogP contribution in [0, 0.1) is 0 Å². The number of amides is 2. The topological polar surface area (TPSA) is 111 Å². The molecule has 0 saturated heterocycles. The molecule has 2 aromatic carbocycles. The first-order chi connectivity index (χ1) is 14.1. The van der Waals surface area contributed by atoms with Gasteiger partial charge in [0, 0.05) is 0 Å².